The Kier molecular flexibility index (Phi) is 4.38. The van der Waals surface area contributed by atoms with Gasteiger partial charge in [0.1, 0.15) is 0 Å². The predicted octanol–water partition coefficient (Wildman–Crippen LogP) is 1.48. The molecule has 15 heavy (non-hydrogen) atoms. The van der Waals surface area contributed by atoms with Gasteiger partial charge in [0, 0.05) is 6.42 Å². The molecular weight excluding hydrogens is 211 g/mol. The number of piperidine rings is 1. The minimum Gasteiger partial charge on any atom is -0.456 e. The molecule has 0 radical (unpaired) electrons. The molecule has 0 bridgehead atoms. The number of alkyl halides is 3. The van der Waals surface area contributed by atoms with Crippen LogP contribution in [0.4, 0.5) is 13.2 Å². The van der Waals surface area contributed by atoms with Crippen LogP contribution >= 0.6 is 0 Å². The second-order valence-electron chi connectivity index (χ2n) is 3.69. The van der Waals surface area contributed by atoms with Crippen molar-refractivity contribution in [3.8, 4) is 0 Å². The molecule has 0 aromatic rings. The van der Waals surface area contributed by atoms with Crippen LogP contribution in [0.25, 0.3) is 0 Å². The Bertz CT molecular complexity index is 212. The largest absolute Gasteiger partial charge is 0.456 e. The van der Waals surface area contributed by atoms with Crippen molar-refractivity contribution in [1.82, 2.24) is 5.32 Å². The Labute approximate surface area is 86.0 Å². The van der Waals surface area contributed by atoms with E-state index in [2.05, 4.69) is 10.1 Å². The molecule has 0 aromatic carbocycles. The summed E-state index contributed by atoms with van der Waals surface area (Å²) in [5.41, 5.74) is 0. The third-order valence-corrected chi connectivity index (χ3v) is 2.25. The van der Waals surface area contributed by atoms with Crippen molar-refractivity contribution < 1.29 is 22.7 Å². The third kappa shape index (κ3) is 5.61. The van der Waals surface area contributed by atoms with E-state index in [4.69, 9.17) is 0 Å². The Morgan fingerprint density at radius 2 is 2.20 bits per heavy atom. The highest BCUT2D eigenvalue weighted by Crippen LogP contribution is 2.17. The van der Waals surface area contributed by atoms with Gasteiger partial charge in [-0.3, -0.25) is 4.79 Å². The average Bonchev–Trinajstić information content (AvgIpc) is 2.15. The first-order valence-corrected chi connectivity index (χ1v) is 4.90. The van der Waals surface area contributed by atoms with Gasteiger partial charge >= 0.3 is 12.1 Å². The summed E-state index contributed by atoms with van der Waals surface area (Å²) in [5, 5.41) is 3.08. The van der Waals surface area contributed by atoms with E-state index in [0.29, 0.717) is 6.54 Å². The van der Waals surface area contributed by atoms with Gasteiger partial charge in [0.25, 0.3) is 0 Å². The van der Waals surface area contributed by atoms with Crippen LogP contribution < -0.4 is 5.32 Å². The number of nitrogens with one attached hydrogen (secondary N) is 1. The lowest BCUT2D eigenvalue weighted by molar-refractivity contribution is -0.187. The number of ether oxygens (including phenoxy) is 1. The van der Waals surface area contributed by atoms with Gasteiger partial charge in [-0.05, 0) is 31.8 Å². The molecule has 0 spiro atoms. The molecule has 1 atom stereocenters. The van der Waals surface area contributed by atoms with Crippen molar-refractivity contribution in [3.63, 3.8) is 0 Å². The van der Waals surface area contributed by atoms with Crippen molar-refractivity contribution in [1.29, 1.82) is 0 Å². The fraction of sp³-hybridized carbons (Fsp3) is 0.889. The van der Waals surface area contributed by atoms with Crippen LogP contribution in [0.1, 0.15) is 19.3 Å². The molecule has 0 unspecified atom stereocenters. The van der Waals surface area contributed by atoms with Gasteiger partial charge in [-0.25, -0.2) is 0 Å². The van der Waals surface area contributed by atoms with Crippen molar-refractivity contribution in [2.75, 3.05) is 19.7 Å². The molecule has 0 saturated carbocycles. The SMILES string of the molecule is O=C(C[C@@H]1CCCNC1)OCC(F)(F)F. The maximum Gasteiger partial charge on any atom is 0.422 e. The molecule has 3 nitrogen and oxygen atoms in total. The van der Waals surface area contributed by atoms with Gasteiger partial charge in [0.15, 0.2) is 6.61 Å². The zero-order valence-electron chi connectivity index (χ0n) is 8.27. The van der Waals surface area contributed by atoms with E-state index in [0.717, 1.165) is 19.4 Å². The van der Waals surface area contributed by atoms with Crippen LogP contribution in [0.3, 0.4) is 0 Å². The number of carbonyl (C=O) groups excluding carboxylic acids is 1. The van der Waals surface area contributed by atoms with Crippen LogP contribution in [0.5, 0.6) is 0 Å². The van der Waals surface area contributed by atoms with Crippen molar-refractivity contribution >= 4 is 5.97 Å². The summed E-state index contributed by atoms with van der Waals surface area (Å²) < 4.78 is 39.2. The molecule has 0 amide bonds. The van der Waals surface area contributed by atoms with Crippen LogP contribution in [0.2, 0.25) is 0 Å². The first-order chi connectivity index (χ1) is 6.97. The number of carbonyl (C=O) groups is 1. The third-order valence-electron chi connectivity index (χ3n) is 2.25. The fourth-order valence-electron chi connectivity index (χ4n) is 1.56. The number of halogens is 3. The second kappa shape index (κ2) is 5.34. The summed E-state index contributed by atoms with van der Waals surface area (Å²) in [6, 6.07) is 0. The van der Waals surface area contributed by atoms with E-state index in [1.165, 1.54) is 0 Å². The zero-order valence-corrected chi connectivity index (χ0v) is 8.27. The van der Waals surface area contributed by atoms with E-state index in [9.17, 15) is 18.0 Å². The minimum absolute atomic E-state index is 0.0725. The van der Waals surface area contributed by atoms with Gasteiger partial charge in [0.2, 0.25) is 0 Å². The van der Waals surface area contributed by atoms with Crippen molar-refractivity contribution in [2.24, 2.45) is 5.92 Å². The van der Waals surface area contributed by atoms with Gasteiger partial charge in [-0.2, -0.15) is 13.2 Å². The highest BCUT2D eigenvalue weighted by molar-refractivity contribution is 5.69. The predicted molar refractivity (Wildman–Crippen MR) is 47.2 cm³/mol. The molecule has 1 aliphatic heterocycles. The molecule has 0 aromatic heterocycles. The van der Waals surface area contributed by atoms with Gasteiger partial charge in [0.05, 0.1) is 0 Å². The molecule has 6 heteroatoms. The number of hydrogen-bond acceptors (Lipinski definition) is 3. The standard InChI is InChI=1S/C9H14F3NO2/c10-9(11,12)6-15-8(14)4-7-2-1-3-13-5-7/h7,13H,1-6H2/t7-/m0/s1. The first-order valence-electron chi connectivity index (χ1n) is 4.90. The van der Waals surface area contributed by atoms with Crippen molar-refractivity contribution in [2.45, 2.75) is 25.4 Å². The maximum atomic E-state index is 11.7. The molecule has 0 aliphatic carbocycles. The van der Waals surface area contributed by atoms with E-state index in [1.54, 1.807) is 0 Å². The second-order valence-corrected chi connectivity index (χ2v) is 3.69. The van der Waals surface area contributed by atoms with Crippen LogP contribution in [-0.4, -0.2) is 31.8 Å². The highest BCUT2D eigenvalue weighted by atomic mass is 19.4. The van der Waals surface area contributed by atoms with Gasteiger partial charge in [-0.1, -0.05) is 0 Å². The van der Waals surface area contributed by atoms with E-state index in [-0.39, 0.29) is 12.3 Å². The summed E-state index contributed by atoms with van der Waals surface area (Å²) in [5.74, 6) is -0.652. The van der Waals surface area contributed by atoms with Gasteiger partial charge in [-0.15, -0.1) is 0 Å². The molecule has 1 rings (SSSR count). The van der Waals surface area contributed by atoms with E-state index < -0.39 is 18.8 Å². The highest BCUT2D eigenvalue weighted by Gasteiger charge is 2.30. The topological polar surface area (TPSA) is 38.3 Å². The summed E-state index contributed by atoms with van der Waals surface area (Å²) in [4.78, 5) is 11.0. The molecule has 1 N–H and O–H groups in total. The van der Waals surface area contributed by atoms with Crippen LogP contribution in [0.15, 0.2) is 0 Å². The maximum absolute atomic E-state index is 11.7. The summed E-state index contributed by atoms with van der Waals surface area (Å²) >= 11 is 0. The molecule has 1 saturated heterocycles. The minimum atomic E-state index is -4.43. The lowest BCUT2D eigenvalue weighted by atomic mass is 9.96. The number of esters is 1. The molecular formula is C9H14F3NO2. The molecule has 1 aliphatic rings. The van der Waals surface area contributed by atoms with E-state index >= 15 is 0 Å². The Balaban J connectivity index is 2.17. The fourth-order valence-corrected chi connectivity index (χ4v) is 1.56. The van der Waals surface area contributed by atoms with Crippen LogP contribution in [-0.2, 0) is 9.53 Å². The summed E-state index contributed by atoms with van der Waals surface area (Å²) in [6.45, 7) is 0.112. The lowest BCUT2D eigenvalue weighted by Crippen LogP contribution is -2.32. The number of hydrogen-bond donors (Lipinski definition) is 1. The Morgan fingerprint density at radius 1 is 1.47 bits per heavy atom. The average molecular weight is 225 g/mol. The monoisotopic (exact) mass is 225 g/mol. The lowest BCUT2D eigenvalue weighted by Gasteiger charge is -2.21. The quantitative estimate of drug-likeness (QED) is 0.739. The number of rotatable bonds is 3. The summed E-state index contributed by atoms with van der Waals surface area (Å²) in [7, 11) is 0. The molecule has 88 valence electrons. The summed E-state index contributed by atoms with van der Waals surface area (Å²) in [6.07, 6.45) is -2.53. The smallest absolute Gasteiger partial charge is 0.422 e. The molecule has 1 heterocycles. The van der Waals surface area contributed by atoms with Crippen molar-refractivity contribution in [3.05, 3.63) is 0 Å². The molecule has 1 fully saturated rings. The first kappa shape index (κ1) is 12.3. The Morgan fingerprint density at radius 3 is 2.73 bits per heavy atom. The van der Waals surface area contributed by atoms with Crippen LogP contribution in [0, 0.1) is 5.92 Å². The van der Waals surface area contributed by atoms with Gasteiger partial charge < -0.3 is 10.1 Å². The Hall–Kier alpha value is -0.780. The zero-order chi connectivity index (χ0) is 11.3. The van der Waals surface area contributed by atoms with E-state index in [1.807, 2.05) is 0 Å². The normalized spacial score (nSPS) is 22.5.